The van der Waals surface area contributed by atoms with Crippen LogP contribution in [0.4, 0.5) is 0 Å². The van der Waals surface area contributed by atoms with Crippen LogP contribution < -0.4 is 0 Å². The van der Waals surface area contributed by atoms with E-state index in [-0.39, 0.29) is 19.6 Å². The van der Waals surface area contributed by atoms with Crippen LogP contribution in [-0.4, -0.2) is 51.6 Å². The van der Waals surface area contributed by atoms with Crippen molar-refractivity contribution in [1.82, 2.24) is 0 Å². The highest BCUT2D eigenvalue weighted by Crippen LogP contribution is 2.15. The Morgan fingerprint density at radius 3 is 2.21 bits per heavy atom. The Morgan fingerprint density at radius 1 is 1.29 bits per heavy atom. The smallest absolute Gasteiger partial charge is 0.160 e. The van der Waals surface area contributed by atoms with Gasteiger partial charge in [-0.3, -0.25) is 0 Å². The predicted octanol–water partition coefficient (Wildman–Crippen LogP) is -0.774. The number of ether oxygens (including phenoxy) is 1. The summed E-state index contributed by atoms with van der Waals surface area (Å²) >= 11 is 0. The SMILES string of the molecule is CC(C)(O)O[C@H](CCO)C[C@H](O)CO. The normalized spacial score (nSPS) is 16.7. The van der Waals surface area contributed by atoms with Crippen LogP contribution in [0.2, 0.25) is 0 Å². The minimum atomic E-state index is -1.30. The molecule has 0 heterocycles. The van der Waals surface area contributed by atoms with Gasteiger partial charge in [-0.15, -0.1) is 0 Å². The van der Waals surface area contributed by atoms with E-state index in [2.05, 4.69) is 0 Å². The van der Waals surface area contributed by atoms with Crippen LogP contribution in [-0.2, 0) is 4.74 Å². The summed E-state index contributed by atoms with van der Waals surface area (Å²) in [5.41, 5.74) is 0. The predicted molar refractivity (Wildman–Crippen MR) is 50.6 cm³/mol. The molecule has 0 unspecified atom stereocenters. The second kappa shape index (κ2) is 6.31. The van der Waals surface area contributed by atoms with Crippen molar-refractivity contribution in [2.45, 2.75) is 44.7 Å². The van der Waals surface area contributed by atoms with Crippen LogP contribution in [0.3, 0.4) is 0 Å². The van der Waals surface area contributed by atoms with Crippen LogP contribution in [0, 0.1) is 0 Å². The molecule has 0 saturated heterocycles. The van der Waals surface area contributed by atoms with Crippen molar-refractivity contribution in [2.75, 3.05) is 13.2 Å². The van der Waals surface area contributed by atoms with Gasteiger partial charge in [-0.25, -0.2) is 0 Å². The minimum absolute atomic E-state index is 0.0844. The van der Waals surface area contributed by atoms with Gasteiger partial charge in [0.05, 0.1) is 18.8 Å². The van der Waals surface area contributed by atoms with E-state index < -0.39 is 18.0 Å². The third-order valence-corrected chi connectivity index (χ3v) is 1.65. The molecule has 0 bridgehead atoms. The minimum Gasteiger partial charge on any atom is -0.396 e. The number of hydrogen-bond acceptors (Lipinski definition) is 5. The van der Waals surface area contributed by atoms with Gasteiger partial charge >= 0.3 is 0 Å². The Morgan fingerprint density at radius 2 is 1.86 bits per heavy atom. The molecule has 0 aromatic heterocycles. The molecule has 0 aliphatic heterocycles. The molecule has 5 nitrogen and oxygen atoms in total. The van der Waals surface area contributed by atoms with Crippen molar-refractivity contribution in [2.24, 2.45) is 0 Å². The maximum Gasteiger partial charge on any atom is 0.160 e. The number of aliphatic hydroxyl groups excluding tert-OH is 3. The monoisotopic (exact) mass is 208 g/mol. The van der Waals surface area contributed by atoms with Gasteiger partial charge in [0.2, 0.25) is 0 Å². The van der Waals surface area contributed by atoms with E-state index in [9.17, 15) is 5.11 Å². The molecule has 0 aromatic rings. The second-order valence-electron chi connectivity index (χ2n) is 3.77. The zero-order chi connectivity index (χ0) is 11.2. The molecular formula is C9H20O5. The summed E-state index contributed by atoms with van der Waals surface area (Å²) in [5, 5.41) is 35.8. The first-order valence-corrected chi connectivity index (χ1v) is 4.69. The molecule has 4 N–H and O–H groups in total. The van der Waals surface area contributed by atoms with Crippen LogP contribution in [0.1, 0.15) is 26.7 Å². The number of rotatable bonds is 7. The molecule has 0 amide bonds. The van der Waals surface area contributed by atoms with E-state index >= 15 is 0 Å². The summed E-state index contributed by atoms with van der Waals surface area (Å²) in [6, 6.07) is 0. The van der Waals surface area contributed by atoms with E-state index in [1.54, 1.807) is 0 Å². The Kier molecular flexibility index (Phi) is 6.22. The highest BCUT2D eigenvalue weighted by atomic mass is 16.6. The third kappa shape index (κ3) is 7.23. The second-order valence-corrected chi connectivity index (χ2v) is 3.77. The standard InChI is InChI=1S/C9H20O5/c1-9(2,13)14-8(3-4-10)5-7(12)6-11/h7-8,10-13H,3-6H2,1-2H3/t7-,8+/m0/s1. The van der Waals surface area contributed by atoms with E-state index in [0.29, 0.717) is 6.42 Å². The first-order chi connectivity index (χ1) is 6.39. The molecule has 0 aliphatic carbocycles. The van der Waals surface area contributed by atoms with Gasteiger partial charge < -0.3 is 25.2 Å². The van der Waals surface area contributed by atoms with Gasteiger partial charge in [0.1, 0.15) is 0 Å². The molecule has 0 saturated carbocycles. The Hall–Kier alpha value is -0.200. The van der Waals surface area contributed by atoms with Crippen molar-refractivity contribution in [1.29, 1.82) is 0 Å². The lowest BCUT2D eigenvalue weighted by Gasteiger charge is -2.27. The van der Waals surface area contributed by atoms with E-state index in [1.807, 2.05) is 0 Å². The fourth-order valence-corrected chi connectivity index (χ4v) is 1.15. The Balaban J connectivity index is 4.01. The summed E-state index contributed by atoms with van der Waals surface area (Å²) in [6.07, 6.45) is -0.821. The molecule has 14 heavy (non-hydrogen) atoms. The zero-order valence-corrected chi connectivity index (χ0v) is 8.68. The topological polar surface area (TPSA) is 90.2 Å². The molecule has 0 spiro atoms. The van der Waals surface area contributed by atoms with Gasteiger partial charge in [-0.2, -0.15) is 0 Å². The zero-order valence-electron chi connectivity index (χ0n) is 8.68. The first kappa shape index (κ1) is 13.8. The molecule has 0 aliphatic rings. The maximum atomic E-state index is 9.35. The largest absolute Gasteiger partial charge is 0.396 e. The van der Waals surface area contributed by atoms with Crippen LogP contribution in [0.15, 0.2) is 0 Å². The molecule has 0 aromatic carbocycles. The van der Waals surface area contributed by atoms with Crippen molar-refractivity contribution < 1.29 is 25.2 Å². The number of aliphatic hydroxyl groups is 4. The number of hydrogen-bond donors (Lipinski definition) is 4. The molecule has 5 heteroatoms. The highest BCUT2D eigenvalue weighted by Gasteiger charge is 2.22. The van der Waals surface area contributed by atoms with Crippen molar-refractivity contribution >= 4 is 0 Å². The molecular weight excluding hydrogens is 188 g/mol. The highest BCUT2D eigenvalue weighted by molar-refractivity contribution is 4.66. The lowest BCUT2D eigenvalue weighted by molar-refractivity contribution is -0.213. The summed E-state index contributed by atoms with van der Waals surface area (Å²) in [5.74, 6) is -1.30. The van der Waals surface area contributed by atoms with Crippen molar-refractivity contribution in [3.8, 4) is 0 Å². The molecule has 86 valence electrons. The summed E-state index contributed by atoms with van der Waals surface area (Å²) in [7, 11) is 0. The van der Waals surface area contributed by atoms with Gasteiger partial charge in [-0.05, 0) is 20.3 Å². The van der Waals surface area contributed by atoms with Crippen LogP contribution in [0.5, 0.6) is 0 Å². The third-order valence-electron chi connectivity index (χ3n) is 1.65. The Bertz CT molecular complexity index is 143. The molecule has 0 rings (SSSR count). The molecule has 2 atom stereocenters. The summed E-state index contributed by atoms with van der Waals surface area (Å²) in [4.78, 5) is 0. The van der Waals surface area contributed by atoms with Crippen LogP contribution >= 0.6 is 0 Å². The average molecular weight is 208 g/mol. The van der Waals surface area contributed by atoms with Crippen molar-refractivity contribution in [3.63, 3.8) is 0 Å². The lowest BCUT2D eigenvalue weighted by Crippen LogP contribution is -2.33. The average Bonchev–Trinajstić information content (AvgIpc) is 2.01. The fraction of sp³-hybridized carbons (Fsp3) is 1.00. The molecule has 0 fully saturated rings. The quantitative estimate of drug-likeness (QED) is 0.412. The van der Waals surface area contributed by atoms with Gasteiger partial charge in [-0.1, -0.05) is 0 Å². The fourth-order valence-electron chi connectivity index (χ4n) is 1.15. The van der Waals surface area contributed by atoms with E-state index in [1.165, 1.54) is 13.8 Å². The molecule has 0 radical (unpaired) electrons. The summed E-state index contributed by atoms with van der Waals surface area (Å²) < 4.78 is 5.18. The Labute approximate surface area is 83.9 Å². The van der Waals surface area contributed by atoms with E-state index in [4.69, 9.17) is 20.1 Å². The van der Waals surface area contributed by atoms with Gasteiger partial charge in [0.25, 0.3) is 0 Å². The van der Waals surface area contributed by atoms with Gasteiger partial charge in [0.15, 0.2) is 5.79 Å². The van der Waals surface area contributed by atoms with E-state index in [0.717, 1.165) is 0 Å². The first-order valence-electron chi connectivity index (χ1n) is 4.69. The lowest BCUT2D eigenvalue weighted by atomic mass is 10.1. The summed E-state index contributed by atoms with van der Waals surface area (Å²) in [6.45, 7) is 2.52. The van der Waals surface area contributed by atoms with Crippen LogP contribution in [0.25, 0.3) is 0 Å². The maximum absolute atomic E-state index is 9.35. The van der Waals surface area contributed by atoms with Crippen molar-refractivity contribution in [3.05, 3.63) is 0 Å². The van der Waals surface area contributed by atoms with Gasteiger partial charge in [0, 0.05) is 13.0 Å².